The van der Waals surface area contributed by atoms with Crippen LogP contribution in [0.25, 0.3) is 0 Å². The quantitative estimate of drug-likeness (QED) is 0.808. The second-order valence-corrected chi connectivity index (χ2v) is 3.62. The molecule has 1 saturated heterocycles. The van der Waals surface area contributed by atoms with Crippen molar-refractivity contribution in [2.24, 2.45) is 0 Å². The van der Waals surface area contributed by atoms with E-state index in [0.29, 0.717) is 11.5 Å². The van der Waals surface area contributed by atoms with Gasteiger partial charge in [-0.15, -0.1) is 0 Å². The number of aliphatic carboxylic acids is 1. The summed E-state index contributed by atoms with van der Waals surface area (Å²) in [6.07, 6.45) is 2.38. The Hall–Kier alpha value is -2.18. The number of hydrogen-bond acceptors (Lipinski definition) is 5. The molecule has 1 atom stereocenters. The van der Waals surface area contributed by atoms with Crippen molar-refractivity contribution in [2.45, 2.75) is 19.4 Å². The topological polar surface area (TPSA) is 92.6 Å². The molecule has 1 fully saturated rings. The van der Waals surface area contributed by atoms with Gasteiger partial charge in [0.2, 0.25) is 0 Å². The summed E-state index contributed by atoms with van der Waals surface area (Å²) in [6, 6.07) is -0.928. The molecule has 17 heavy (non-hydrogen) atoms. The van der Waals surface area contributed by atoms with Crippen LogP contribution < -0.4 is 4.90 Å². The lowest BCUT2D eigenvalue weighted by atomic mass is 10.1. The molecular formula is C10H11N3O4. The highest BCUT2D eigenvalue weighted by Crippen LogP contribution is 2.22. The van der Waals surface area contributed by atoms with Crippen molar-refractivity contribution in [3.63, 3.8) is 0 Å². The van der Waals surface area contributed by atoms with Gasteiger partial charge in [-0.25, -0.2) is 19.6 Å². The number of anilines is 1. The number of ether oxygens (including phenoxy) is 1. The fourth-order valence-corrected chi connectivity index (χ4v) is 1.61. The van der Waals surface area contributed by atoms with Crippen molar-refractivity contribution in [1.29, 1.82) is 0 Å². The lowest BCUT2D eigenvalue weighted by Gasteiger charge is -2.31. The molecule has 0 spiro atoms. The maximum absolute atomic E-state index is 11.6. The van der Waals surface area contributed by atoms with Gasteiger partial charge >= 0.3 is 12.1 Å². The van der Waals surface area contributed by atoms with E-state index in [9.17, 15) is 9.59 Å². The van der Waals surface area contributed by atoms with Gasteiger partial charge in [-0.1, -0.05) is 0 Å². The number of carboxylic acid groups (broad SMARTS) is 1. The van der Waals surface area contributed by atoms with Gasteiger partial charge in [0.1, 0.15) is 11.9 Å². The van der Waals surface area contributed by atoms with Gasteiger partial charge in [0.05, 0.1) is 24.7 Å². The maximum atomic E-state index is 11.6. The van der Waals surface area contributed by atoms with Crippen LogP contribution >= 0.6 is 0 Å². The zero-order chi connectivity index (χ0) is 12.4. The Labute approximate surface area is 97.0 Å². The number of amides is 1. The van der Waals surface area contributed by atoms with Gasteiger partial charge in [0.25, 0.3) is 0 Å². The largest absolute Gasteiger partial charge is 0.480 e. The van der Waals surface area contributed by atoms with Crippen molar-refractivity contribution >= 4 is 17.7 Å². The van der Waals surface area contributed by atoms with Crippen molar-refractivity contribution < 1.29 is 19.4 Å². The molecule has 1 aliphatic heterocycles. The Bertz CT molecular complexity index is 445. The fraction of sp³-hybridized carbons (Fsp3) is 0.400. The summed E-state index contributed by atoms with van der Waals surface area (Å²) in [5.41, 5.74) is 0.327. The molecule has 1 N–H and O–H groups in total. The van der Waals surface area contributed by atoms with Crippen LogP contribution in [0, 0.1) is 6.92 Å². The molecular weight excluding hydrogens is 226 g/mol. The smallest absolute Gasteiger partial charge is 0.415 e. The summed E-state index contributed by atoms with van der Waals surface area (Å²) in [4.78, 5) is 31.6. The number of cyclic esters (lactones) is 1. The second kappa shape index (κ2) is 4.36. The number of nitrogens with zero attached hydrogens (tertiary/aromatic N) is 3. The molecule has 7 nitrogen and oxygen atoms in total. The normalized spacial score (nSPS) is 19.9. The Morgan fingerprint density at radius 1 is 1.53 bits per heavy atom. The van der Waals surface area contributed by atoms with E-state index < -0.39 is 18.1 Å². The van der Waals surface area contributed by atoms with Crippen LogP contribution in [-0.2, 0) is 9.53 Å². The summed E-state index contributed by atoms with van der Waals surface area (Å²) in [5, 5.41) is 9.05. The van der Waals surface area contributed by atoms with Gasteiger partial charge in [-0.05, 0) is 6.92 Å². The van der Waals surface area contributed by atoms with Crippen LogP contribution in [-0.4, -0.2) is 39.8 Å². The molecule has 2 heterocycles. The van der Waals surface area contributed by atoms with Gasteiger partial charge in [-0.2, -0.15) is 0 Å². The maximum Gasteiger partial charge on any atom is 0.415 e. The molecule has 0 bridgehead atoms. The lowest BCUT2D eigenvalue weighted by molar-refractivity contribution is -0.139. The first-order valence-corrected chi connectivity index (χ1v) is 5.07. The number of carboxylic acids is 1. The average molecular weight is 237 g/mol. The monoisotopic (exact) mass is 237 g/mol. The van der Waals surface area contributed by atoms with Crippen LogP contribution in [0.4, 0.5) is 10.5 Å². The predicted octanol–water partition coefficient (Wildman–Crippen LogP) is 0.585. The van der Waals surface area contributed by atoms with Crippen molar-refractivity contribution in [2.75, 3.05) is 11.5 Å². The molecule has 1 aromatic rings. The summed E-state index contributed by atoms with van der Waals surface area (Å²) >= 11 is 0. The summed E-state index contributed by atoms with van der Waals surface area (Å²) in [6.45, 7) is 1.81. The molecule has 2 rings (SSSR count). The number of rotatable bonds is 2. The Kier molecular flexibility index (Phi) is 2.90. The van der Waals surface area contributed by atoms with Crippen LogP contribution in [0.1, 0.15) is 12.2 Å². The molecule has 0 aromatic carbocycles. The van der Waals surface area contributed by atoms with Gasteiger partial charge in [0.15, 0.2) is 0 Å². The van der Waals surface area contributed by atoms with E-state index in [0.717, 1.165) is 4.90 Å². The molecule has 1 aliphatic rings. The number of hydrogen-bond donors (Lipinski definition) is 1. The summed E-state index contributed by atoms with van der Waals surface area (Å²) in [5.74, 6) is -0.520. The molecule has 90 valence electrons. The minimum atomic E-state index is -1.07. The van der Waals surface area contributed by atoms with E-state index >= 15 is 0 Å². The van der Waals surface area contributed by atoms with Gasteiger partial charge in [0, 0.05) is 6.42 Å². The lowest BCUT2D eigenvalue weighted by Crippen LogP contribution is -2.50. The van der Waals surface area contributed by atoms with Crippen molar-refractivity contribution in [3.8, 4) is 0 Å². The van der Waals surface area contributed by atoms with Crippen molar-refractivity contribution in [3.05, 3.63) is 18.2 Å². The highest BCUT2D eigenvalue weighted by molar-refractivity contribution is 5.95. The Balaban J connectivity index is 2.34. The number of carbonyl (C=O) groups is 2. The third-order valence-electron chi connectivity index (χ3n) is 2.46. The predicted molar refractivity (Wildman–Crippen MR) is 56.6 cm³/mol. The van der Waals surface area contributed by atoms with E-state index in [4.69, 9.17) is 9.84 Å². The summed E-state index contributed by atoms with van der Waals surface area (Å²) in [7, 11) is 0. The van der Waals surface area contributed by atoms with Crippen LogP contribution in [0.5, 0.6) is 0 Å². The zero-order valence-electron chi connectivity index (χ0n) is 9.16. The van der Waals surface area contributed by atoms with Crippen molar-refractivity contribution in [1.82, 2.24) is 9.97 Å². The number of carbonyl (C=O) groups excluding carboxylic acids is 1. The van der Waals surface area contributed by atoms with Gasteiger partial charge < -0.3 is 9.84 Å². The minimum Gasteiger partial charge on any atom is -0.480 e. The average Bonchev–Trinajstić information content (AvgIpc) is 2.30. The van der Waals surface area contributed by atoms with Crippen LogP contribution in [0.3, 0.4) is 0 Å². The van der Waals surface area contributed by atoms with E-state index in [1.807, 2.05) is 0 Å². The Morgan fingerprint density at radius 2 is 2.18 bits per heavy atom. The first-order valence-electron chi connectivity index (χ1n) is 5.07. The van der Waals surface area contributed by atoms with E-state index in [1.165, 1.54) is 12.4 Å². The minimum absolute atomic E-state index is 0.110. The van der Waals surface area contributed by atoms with E-state index in [1.54, 1.807) is 6.92 Å². The zero-order valence-corrected chi connectivity index (χ0v) is 9.16. The SMILES string of the molecule is Cc1ncc(N2C(=O)OCCC2C(=O)O)cn1. The fourth-order valence-electron chi connectivity index (χ4n) is 1.61. The number of aromatic nitrogens is 2. The first kappa shape index (κ1) is 11.3. The standard InChI is InChI=1S/C10H11N3O4/c1-6-11-4-7(5-12-6)13-8(9(14)15)2-3-17-10(13)16/h4-5,8H,2-3H2,1H3,(H,14,15). The van der Waals surface area contributed by atoms with E-state index in [2.05, 4.69) is 9.97 Å². The molecule has 0 radical (unpaired) electrons. The second-order valence-electron chi connectivity index (χ2n) is 3.62. The molecule has 7 heteroatoms. The first-order chi connectivity index (χ1) is 8.09. The van der Waals surface area contributed by atoms with E-state index in [-0.39, 0.29) is 13.0 Å². The number of aryl methyl sites for hydroxylation is 1. The Morgan fingerprint density at radius 3 is 2.76 bits per heavy atom. The molecule has 1 amide bonds. The highest BCUT2D eigenvalue weighted by Gasteiger charge is 2.36. The third-order valence-corrected chi connectivity index (χ3v) is 2.46. The van der Waals surface area contributed by atoms with Crippen LogP contribution in [0.15, 0.2) is 12.4 Å². The molecule has 0 aliphatic carbocycles. The van der Waals surface area contributed by atoms with Crippen LogP contribution in [0.2, 0.25) is 0 Å². The van der Waals surface area contributed by atoms with Gasteiger partial charge in [-0.3, -0.25) is 4.90 Å². The highest BCUT2D eigenvalue weighted by atomic mass is 16.6. The molecule has 1 aromatic heterocycles. The third kappa shape index (κ3) is 2.17. The molecule has 0 saturated carbocycles. The molecule has 1 unspecified atom stereocenters. The summed E-state index contributed by atoms with van der Waals surface area (Å²) < 4.78 is 4.82.